The molecule has 6 heteroatoms. The summed E-state index contributed by atoms with van der Waals surface area (Å²) in [7, 11) is 1.63. The summed E-state index contributed by atoms with van der Waals surface area (Å²) in [6, 6.07) is 9.83. The second-order valence-corrected chi connectivity index (χ2v) is 7.34. The SMILES string of the molecule is COc1ccc(-c2cc3c(c4c2OCC4)CCN/C=C(/C(=O)O)C(=O)/C=C/3C)cc1. The number of hydrogen-bond acceptors (Lipinski definition) is 5. The Hall–Kier alpha value is -3.54. The number of ketones is 1. The first kappa shape index (κ1) is 19.8. The number of aliphatic carboxylic acids is 1. The first-order valence-corrected chi connectivity index (χ1v) is 9.85. The van der Waals surface area contributed by atoms with Gasteiger partial charge < -0.3 is 19.9 Å². The van der Waals surface area contributed by atoms with E-state index in [4.69, 9.17) is 9.47 Å². The van der Waals surface area contributed by atoms with Crippen LogP contribution in [0.15, 0.2) is 48.2 Å². The lowest BCUT2D eigenvalue weighted by Gasteiger charge is -2.19. The highest BCUT2D eigenvalue weighted by atomic mass is 16.5. The highest BCUT2D eigenvalue weighted by Crippen LogP contribution is 2.43. The smallest absolute Gasteiger partial charge is 0.341 e. The average molecular weight is 405 g/mol. The molecule has 0 amide bonds. The van der Waals surface area contributed by atoms with Gasteiger partial charge in [0.15, 0.2) is 5.78 Å². The van der Waals surface area contributed by atoms with Crippen molar-refractivity contribution < 1.29 is 24.2 Å². The lowest BCUT2D eigenvalue weighted by molar-refractivity contribution is -0.134. The van der Waals surface area contributed by atoms with Gasteiger partial charge >= 0.3 is 5.97 Å². The fraction of sp³-hybridized carbons (Fsp3) is 0.250. The number of carbonyl (C=O) groups excluding carboxylic acids is 1. The van der Waals surface area contributed by atoms with Crippen LogP contribution in [0.5, 0.6) is 11.5 Å². The topological polar surface area (TPSA) is 84.9 Å². The molecule has 0 radical (unpaired) electrons. The zero-order valence-electron chi connectivity index (χ0n) is 17.0. The molecule has 0 fully saturated rings. The van der Waals surface area contributed by atoms with E-state index in [0.717, 1.165) is 51.3 Å². The second kappa shape index (κ2) is 8.06. The summed E-state index contributed by atoms with van der Waals surface area (Å²) in [5.74, 6) is -0.102. The van der Waals surface area contributed by atoms with Crippen LogP contribution in [0.1, 0.15) is 23.6 Å². The number of carbonyl (C=O) groups is 2. The predicted molar refractivity (Wildman–Crippen MR) is 114 cm³/mol. The molecule has 2 aliphatic heterocycles. The maximum absolute atomic E-state index is 12.5. The fourth-order valence-corrected chi connectivity index (χ4v) is 4.03. The van der Waals surface area contributed by atoms with Gasteiger partial charge in [-0.2, -0.15) is 0 Å². The molecule has 154 valence electrons. The molecule has 0 saturated heterocycles. The van der Waals surface area contributed by atoms with Crippen LogP contribution in [0.4, 0.5) is 0 Å². The van der Waals surface area contributed by atoms with E-state index in [1.54, 1.807) is 7.11 Å². The zero-order valence-corrected chi connectivity index (χ0v) is 17.0. The molecule has 4 rings (SSSR count). The lowest BCUT2D eigenvalue weighted by Crippen LogP contribution is -2.19. The molecule has 0 atom stereocenters. The van der Waals surface area contributed by atoms with Crippen molar-refractivity contribution in [2.75, 3.05) is 20.3 Å². The van der Waals surface area contributed by atoms with Gasteiger partial charge in [-0.25, -0.2) is 4.79 Å². The number of fused-ring (bicyclic) bond motifs is 3. The molecule has 2 aliphatic rings. The number of methoxy groups -OCH3 is 1. The van der Waals surface area contributed by atoms with Crippen molar-refractivity contribution in [1.29, 1.82) is 0 Å². The summed E-state index contributed by atoms with van der Waals surface area (Å²) in [5, 5.41) is 12.3. The Balaban J connectivity index is 1.88. The predicted octanol–water partition coefficient (Wildman–Crippen LogP) is 3.38. The lowest BCUT2D eigenvalue weighted by atomic mass is 9.87. The number of ether oxygens (including phenoxy) is 2. The molecular weight excluding hydrogens is 382 g/mol. The van der Waals surface area contributed by atoms with Crippen molar-refractivity contribution >= 4 is 17.3 Å². The van der Waals surface area contributed by atoms with Crippen molar-refractivity contribution in [3.8, 4) is 22.6 Å². The van der Waals surface area contributed by atoms with Crippen LogP contribution >= 0.6 is 0 Å². The van der Waals surface area contributed by atoms with Crippen LogP contribution in [-0.4, -0.2) is 37.1 Å². The van der Waals surface area contributed by atoms with Crippen LogP contribution < -0.4 is 14.8 Å². The molecular formula is C24H23NO5. The molecule has 0 saturated carbocycles. The number of rotatable bonds is 3. The van der Waals surface area contributed by atoms with Crippen molar-refractivity contribution in [3.05, 3.63) is 64.9 Å². The van der Waals surface area contributed by atoms with Gasteiger partial charge in [0.2, 0.25) is 0 Å². The minimum Gasteiger partial charge on any atom is -0.497 e. The number of benzene rings is 2. The largest absolute Gasteiger partial charge is 0.497 e. The minimum atomic E-state index is -1.24. The van der Waals surface area contributed by atoms with E-state index in [-0.39, 0.29) is 5.57 Å². The normalized spacial score (nSPS) is 19.2. The van der Waals surface area contributed by atoms with Gasteiger partial charge in [0, 0.05) is 30.3 Å². The van der Waals surface area contributed by atoms with Crippen LogP contribution in [0.2, 0.25) is 0 Å². The minimum absolute atomic E-state index is 0.266. The van der Waals surface area contributed by atoms with Crippen LogP contribution in [0.3, 0.4) is 0 Å². The molecule has 2 heterocycles. The van der Waals surface area contributed by atoms with Gasteiger partial charge in [-0.1, -0.05) is 12.1 Å². The van der Waals surface area contributed by atoms with Crippen molar-refractivity contribution in [2.24, 2.45) is 0 Å². The van der Waals surface area contributed by atoms with Gasteiger partial charge in [-0.05, 0) is 59.9 Å². The highest BCUT2D eigenvalue weighted by Gasteiger charge is 2.26. The van der Waals surface area contributed by atoms with Gasteiger partial charge in [-0.15, -0.1) is 0 Å². The summed E-state index contributed by atoms with van der Waals surface area (Å²) < 4.78 is 11.3. The zero-order chi connectivity index (χ0) is 21.3. The highest BCUT2D eigenvalue weighted by molar-refractivity contribution is 6.22. The monoisotopic (exact) mass is 405 g/mol. The molecule has 0 aliphatic carbocycles. The molecule has 2 aromatic rings. The third-order valence-corrected chi connectivity index (χ3v) is 5.53. The van der Waals surface area contributed by atoms with Crippen molar-refractivity contribution in [1.82, 2.24) is 5.32 Å². The van der Waals surface area contributed by atoms with Crippen LogP contribution in [0.25, 0.3) is 16.7 Å². The standard InChI is InChI=1S/C24H23NO5/c1-14-11-22(26)21(24(27)28)13-25-9-7-17-18-8-10-30-23(18)20(12-19(14)17)15-3-5-16(29-2)6-4-15/h3-6,11-13,25H,7-10H2,1-2H3,(H,27,28)/b14-11+,21-13+. The summed E-state index contributed by atoms with van der Waals surface area (Å²) in [5.41, 5.74) is 5.68. The summed E-state index contributed by atoms with van der Waals surface area (Å²) >= 11 is 0. The van der Waals surface area contributed by atoms with E-state index < -0.39 is 11.8 Å². The van der Waals surface area contributed by atoms with Gasteiger partial charge in [-0.3, -0.25) is 4.79 Å². The first-order valence-electron chi connectivity index (χ1n) is 9.85. The van der Waals surface area contributed by atoms with E-state index in [9.17, 15) is 14.7 Å². The van der Waals surface area contributed by atoms with Gasteiger partial charge in [0.05, 0.1) is 13.7 Å². The molecule has 0 spiro atoms. The Morgan fingerprint density at radius 1 is 1.13 bits per heavy atom. The number of carboxylic acids is 1. The molecule has 2 aromatic carbocycles. The third kappa shape index (κ3) is 3.56. The quantitative estimate of drug-likeness (QED) is 0.762. The molecule has 0 unspecified atom stereocenters. The Morgan fingerprint density at radius 3 is 2.60 bits per heavy atom. The van der Waals surface area contributed by atoms with Crippen molar-refractivity contribution in [3.63, 3.8) is 0 Å². The third-order valence-electron chi connectivity index (χ3n) is 5.53. The van der Waals surface area contributed by atoms with Crippen molar-refractivity contribution in [2.45, 2.75) is 19.8 Å². The van der Waals surface area contributed by atoms with E-state index >= 15 is 0 Å². The van der Waals surface area contributed by atoms with E-state index in [1.165, 1.54) is 12.3 Å². The first-order chi connectivity index (χ1) is 14.5. The van der Waals surface area contributed by atoms with Crippen LogP contribution in [0, 0.1) is 0 Å². The van der Waals surface area contributed by atoms with E-state index in [1.807, 2.05) is 37.3 Å². The number of allylic oxidation sites excluding steroid dienone is 2. The number of carboxylic acid groups (broad SMARTS) is 1. The van der Waals surface area contributed by atoms with Gasteiger partial charge in [0.25, 0.3) is 0 Å². The maximum atomic E-state index is 12.5. The Kier molecular flexibility index (Phi) is 5.31. The Bertz CT molecular complexity index is 1080. The second-order valence-electron chi connectivity index (χ2n) is 7.34. The van der Waals surface area contributed by atoms with Crippen LogP contribution in [-0.2, 0) is 22.4 Å². The van der Waals surface area contributed by atoms with E-state index in [0.29, 0.717) is 19.6 Å². The summed E-state index contributed by atoms with van der Waals surface area (Å²) in [6.07, 6.45) is 4.21. The summed E-state index contributed by atoms with van der Waals surface area (Å²) in [4.78, 5) is 24.0. The molecule has 6 nitrogen and oxygen atoms in total. The maximum Gasteiger partial charge on any atom is 0.341 e. The Labute approximate surface area is 174 Å². The summed E-state index contributed by atoms with van der Waals surface area (Å²) in [6.45, 7) is 3.00. The fourth-order valence-electron chi connectivity index (χ4n) is 4.03. The number of nitrogens with one attached hydrogen (secondary N) is 1. The molecule has 2 N–H and O–H groups in total. The Morgan fingerprint density at radius 2 is 1.90 bits per heavy atom. The average Bonchev–Trinajstić information content (AvgIpc) is 3.22. The molecule has 0 bridgehead atoms. The molecule has 0 aromatic heterocycles. The van der Waals surface area contributed by atoms with E-state index in [2.05, 4.69) is 5.32 Å². The number of hydrogen-bond donors (Lipinski definition) is 2. The molecule has 30 heavy (non-hydrogen) atoms. The van der Waals surface area contributed by atoms with Gasteiger partial charge in [0.1, 0.15) is 17.1 Å².